The minimum atomic E-state index is 0.560. The second-order valence-corrected chi connectivity index (χ2v) is 3.81. The van der Waals surface area contributed by atoms with Gasteiger partial charge in [-0.1, -0.05) is 0 Å². The molecule has 0 aliphatic carbocycles. The molecule has 1 N–H and O–H groups in total. The zero-order valence-electron chi connectivity index (χ0n) is 7.18. The molecule has 2 rings (SSSR count). The molecule has 64 valence electrons. The van der Waals surface area contributed by atoms with Gasteiger partial charge in [0, 0.05) is 0 Å². The summed E-state index contributed by atoms with van der Waals surface area (Å²) in [6, 6.07) is 0. The van der Waals surface area contributed by atoms with Crippen molar-refractivity contribution in [3.05, 3.63) is 0 Å². The lowest BCUT2D eigenvalue weighted by Gasteiger charge is -2.21. The highest BCUT2D eigenvalue weighted by atomic mass is 16.6. The Morgan fingerprint density at radius 1 is 1.36 bits per heavy atom. The summed E-state index contributed by atoms with van der Waals surface area (Å²) in [7, 11) is 0. The summed E-state index contributed by atoms with van der Waals surface area (Å²) >= 11 is 0. The van der Waals surface area contributed by atoms with Crippen molar-refractivity contribution in [2.45, 2.75) is 38.4 Å². The van der Waals surface area contributed by atoms with Crippen LogP contribution in [0.5, 0.6) is 0 Å². The first-order valence-corrected chi connectivity index (χ1v) is 4.72. The van der Waals surface area contributed by atoms with E-state index in [1.165, 1.54) is 32.4 Å². The number of hydrogen-bond donors (Lipinski definition) is 1. The Balaban J connectivity index is 1.68. The minimum Gasteiger partial charge on any atom is -0.370 e. The number of ether oxygens (including phenoxy) is 1. The molecular formula is C9H17NO. The molecule has 0 radical (unpaired) electrons. The highest BCUT2D eigenvalue weighted by Crippen LogP contribution is 2.30. The molecule has 2 aliphatic rings. The van der Waals surface area contributed by atoms with Gasteiger partial charge in [-0.05, 0) is 45.2 Å². The van der Waals surface area contributed by atoms with Crippen molar-refractivity contribution in [2.75, 3.05) is 13.1 Å². The summed E-state index contributed by atoms with van der Waals surface area (Å²) in [6.07, 6.45) is 5.19. The molecule has 0 amide bonds. The van der Waals surface area contributed by atoms with Crippen molar-refractivity contribution >= 4 is 0 Å². The first-order chi connectivity index (χ1) is 5.36. The lowest BCUT2D eigenvalue weighted by molar-refractivity contribution is 0.298. The van der Waals surface area contributed by atoms with Gasteiger partial charge in [0.25, 0.3) is 0 Å². The monoisotopic (exact) mass is 155 g/mol. The van der Waals surface area contributed by atoms with Gasteiger partial charge in [-0.3, -0.25) is 0 Å². The van der Waals surface area contributed by atoms with E-state index in [2.05, 4.69) is 12.2 Å². The summed E-state index contributed by atoms with van der Waals surface area (Å²) in [6.45, 7) is 4.60. The van der Waals surface area contributed by atoms with Crippen LogP contribution in [0.15, 0.2) is 0 Å². The Hall–Kier alpha value is -0.0800. The van der Waals surface area contributed by atoms with Gasteiger partial charge in [0.1, 0.15) is 0 Å². The Labute approximate surface area is 68.3 Å². The molecular weight excluding hydrogens is 138 g/mol. The van der Waals surface area contributed by atoms with Crippen molar-refractivity contribution < 1.29 is 4.74 Å². The topological polar surface area (TPSA) is 24.6 Å². The van der Waals surface area contributed by atoms with E-state index >= 15 is 0 Å². The quantitative estimate of drug-likeness (QED) is 0.605. The minimum absolute atomic E-state index is 0.560. The van der Waals surface area contributed by atoms with Crippen molar-refractivity contribution in [2.24, 2.45) is 5.92 Å². The van der Waals surface area contributed by atoms with E-state index in [4.69, 9.17) is 4.74 Å². The Bertz CT molecular complexity index is 132. The fourth-order valence-corrected chi connectivity index (χ4v) is 1.92. The second-order valence-electron chi connectivity index (χ2n) is 3.81. The van der Waals surface area contributed by atoms with Gasteiger partial charge >= 0.3 is 0 Å². The van der Waals surface area contributed by atoms with Gasteiger partial charge in [0.05, 0.1) is 12.2 Å². The fourth-order valence-electron chi connectivity index (χ4n) is 1.92. The standard InChI is InChI=1S/C9H17NO/c1-7-9(11-7)6-8-2-4-10-5-3-8/h7-10H,2-6H2,1H3. The summed E-state index contributed by atoms with van der Waals surface area (Å²) in [4.78, 5) is 0. The smallest absolute Gasteiger partial charge is 0.0841 e. The maximum Gasteiger partial charge on any atom is 0.0841 e. The first-order valence-electron chi connectivity index (χ1n) is 4.72. The molecule has 0 aromatic carbocycles. The van der Waals surface area contributed by atoms with Crippen LogP contribution in [0.3, 0.4) is 0 Å². The number of hydrogen-bond acceptors (Lipinski definition) is 2. The van der Waals surface area contributed by atoms with E-state index in [0.29, 0.717) is 12.2 Å². The van der Waals surface area contributed by atoms with E-state index in [-0.39, 0.29) is 0 Å². The maximum absolute atomic E-state index is 5.40. The molecule has 0 aromatic heterocycles. The van der Waals surface area contributed by atoms with E-state index in [1.807, 2.05) is 0 Å². The van der Waals surface area contributed by atoms with Crippen LogP contribution in [0.1, 0.15) is 26.2 Å². The first kappa shape index (κ1) is 7.56. The molecule has 2 aliphatic heterocycles. The molecule has 0 bridgehead atoms. The Morgan fingerprint density at radius 2 is 2.00 bits per heavy atom. The van der Waals surface area contributed by atoms with Crippen molar-refractivity contribution in [1.82, 2.24) is 5.32 Å². The maximum atomic E-state index is 5.40. The molecule has 11 heavy (non-hydrogen) atoms. The molecule has 0 saturated carbocycles. The Morgan fingerprint density at radius 3 is 2.55 bits per heavy atom. The van der Waals surface area contributed by atoms with E-state index in [1.54, 1.807) is 0 Å². The number of nitrogens with one attached hydrogen (secondary N) is 1. The zero-order chi connectivity index (χ0) is 7.68. The van der Waals surface area contributed by atoms with E-state index < -0.39 is 0 Å². The fraction of sp³-hybridized carbons (Fsp3) is 1.00. The van der Waals surface area contributed by atoms with Crippen LogP contribution in [0.2, 0.25) is 0 Å². The van der Waals surface area contributed by atoms with Crippen LogP contribution < -0.4 is 5.32 Å². The average Bonchev–Trinajstić information content (AvgIpc) is 2.69. The van der Waals surface area contributed by atoms with Crippen LogP contribution in [-0.2, 0) is 4.74 Å². The molecule has 2 saturated heterocycles. The molecule has 2 nitrogen and oxygen atoms in total. The van der Waals surface area contributed by atoms with Crippen molar-refractivity contribution in [3.63, 3.8) is 0 Å². The summed E-state index contributed by atoms with van der Waals surface area (Å²) < 4.78 is 5.40. The van der Waals surface area contributed by atoms with Gasteiger partial charge in [0.15, 0.2) is 0 Å². The highest BCUT2D eigenvalue weighted by Gasteiger charge is 2.35. The highest BCUT2D eigenvalue weighted by molar-refractivity contribution is 4.84. The van der Waals surface area contributed by atoms with Gasteiger partial charge in [-0.2, -0.15) is 0 Å². The third-order valence-corrected chi connectivity index (χ3v) is 2.86. The SMILES string of the molecule is CC1OC1CC1CCNCC1. The molecule has 0 aromatic rings. The average molecular weight is 155 g/mol. The van der Waals surface area contributed by atoms with Gasteiger partial charge in [-0.25, -0.2) is 0 Å². The lowest BCUT2D eigenvalue weighted by atomic mass is 9.92. The van der Waals surface area contributed by atoms with Gasteiger partial charge in [0.2, 0.25) is 0 Å². The number of epoxide rings is 1. The van der Waals surface area contributed by atoms with Crippen molar-refractivity contribution in [1.29, 1.82) is 0 Å². The zero-order valence-corrected chi connectivity index (χ0v) is 7.18. The molecule has 2 unspecified atom stereocenters. The molecule has 2 heterocycles. The van der Waals surface area contributed by atoms with Crippen LogP contribution in [0, 0.1) is 5.92 Å². The van der Waals surface area contributed by atoms with Crippen LogP contribution in [0.25, 0.3) is 0 Å². The molecule has 0 spiro atoms. The van der Waals surface area contributed by atoms with Crippen LogP contribution in [0.4, 0.5) is 0 Å². The van der Waals surface area contributed by atoms with E-state index in [9.17, 15) is 0 Å². The van der Waals surface area contributed by atoms with E-state index in [0.717, 1.165) is 5.92 Å². The van der Waals surface area contributed by atoms with Crippen molar-refractivity contribution in [3.8, 4) is 0 Å². The van der Waals surface area contributed by atoms with Crippen LogP contribution >= 0.6 is 0 Å². The third-order valence-electron chi connectivity index (χ3n) is 2.86. The molecule has 2 heteroatoms. The number of rotatable bonds is 2. The van der Waals surface area contributed by atoms with Gasteiger partial charge < -0.3 is 10.1 Å². The van der Waals surface area contributed by atoms with Gasteiger partial charge in [-0.15, -0.1) is 0 Å². The third kappa shape index (κ3) is 1.94. The molecule has 2 atom stereocenters. The molecule has 2 fully saturated rings. The Kier molecular flexibility index (Phi) is 2.14. The summed E-state index contributed by atoms with van der Waals surface area (Å²) in [5.74, 6) is 0.936. The number of piperidine rings is 1. The predicted octanol–water partition coefficient (Wildman–Crippen LogP) is 1.16. The lowest BCUT2D eigenvalue weighted by Crippen LogP contribution is -2.28. The van der Waals surface area contributed by atoms with Crippen LogP contribution in [-0.4, -0.2) is 25.3 Å². The summed E-state index contributed by atoms with van der Waals surface area (Å²) in [5.41, 5.74) is 0. The second kappa shape index (κ2) is 3.11. The normalized spacial score (nSPS) is 39.0. The predicted molar refractivity (Wildman–Crippen MR) is 44.5 cm³/mol. The largest absolute Gasteiger partial charge is 0.370 e. The summed E-state index contributed by atoms with van der Waals surface area (Å²) in [5, 5.41) is 3.38.